The predicted molar refractivity (Wildman–Crippen MR) is 176 cm³/mol. The number of ether oxygens (including phenoxy) is 4. The molecule has 6 bridgehead atoms. The van der Waals surface area contributed by atoms with E-state index in [9.17, 15) is 5.11 Å². The van der Waals surface area contributed by atoms with E-state index >= 15 is 0 Å². The minimum Gasteiger partial charge on any atom is -0.522 e. The van der Waals surface area contributed by atoms with Crippen molar-refractivity contribution in [3.63, 3.8) is 0 Å². The van der Waals surface area contributed by atoms with Gasteiger partial charge in [0.1, 0.15) is 11.5 Å². The normalized spacial score (nSPS) is 18.8. The van der Waals surface area contributed by atoms with Crippen LogP contribution in [0.25, 0.3) is 0 Å². The largest absolute Gasteiger partial charge is 2.00 e. The van der Waals surface area contributed by atoms with Gasteiger partial charge in [-0.15, -0.1) is 11.6 Å². The second-order valence-corrected chi connectivity index (χ2v) is 12.2. The molecule has 1 N–H and O–H groups in total. The number of fused-ring (bicyclic) bond motifs is 2. The second kappa shape index (κ2) is 14.2. The molecule has 0 aliphatic carbocycles. The Kier molecular flexibility index (Phi) is 10.5. The van der Waals surface area contributed by atoms with Crippen molar-refractivity contribution in [1.82, 2.24) is 9.80 Å². The van der Waals surface area contributed by atoms with E-state index in [0.717, 1.165) is 61.2 Å². The van der Waals surface area contributed by atoms with Crippen molar-refractivity contribution in [2.45, 2.75) is 44.4 Å². The molecular formula is C38H42N2O5W. The van der Waals surface area contributed by atoms with Crippen LogP contribution in [0.2, 0.25) is 0 Å². The van der Waals surface area contributed by atoms with Crippen molar-refractivity contribution in [1.29, 1.82) is 0 Å². The number of hydrogen-bond acceptors (Lipinski definition) is 7. The van der Waals surface area contributed by atoms with Crippen LogP contribution in [0.1, 0.15) is 51.0 Å². The molecule has 46 heavy (non-hydrogen) atoms. The van der Waals surface area contributed by atoms with Gasteiger partial charge >= 0.3 is 21.1 Å². The summed E-state index contributed by atoms with van der Waals surface area (Å²) in [6.45, 7) is 1.75. The van der Waals surface area contributed by atoms with E-state index < -0.39 is 0 Å². The van der Waals surface area contributed by atoms with E-state index in [1.165, 1.54) is 22.3 Å². The Labute approximate surface area is 287 Å². The van der Waals surface area contributed by atoms with Gasteiger partial charge in [0.2, 0.25) is 0 Å². The van der Waals surface area contributed by atoms with Gasteiger partial charge in [0.25, 0.3) is 0 Å². The van der Waals surface area contributed by atoms with Crippen molar-refractivity contribution in [3.8, 4) is 34.5 Å². The van der Waals surface area contributed by atoms with E-state index in [-0.39, 0.29) is 47.2 Å². The number of likely N-dealkylation sites (N-methyl/N-ethyl adjacent to an activating group) is 2. The predicted octanol–water partition coefficient (Wildman–Crippen LogP) is 6.89. The van der Waals surface area contributed by atoms with Gasteiger partial charge in [0.05, 0.1) is 20.8 Å². The molecule has 8 heteroatoms. The molecule has 4 aromatic carbocycles. The summed E-state index contributed by atoms with van der Waals surface area (Å²) in [7, 11) is 7.69. The van der Waals surface area contributed by atoms with Crippen LogP contribution in [0.5, 0.6) is 34.5 Å². The first kappa shape index (κ1) is 34.0. The molecule has 4 aliphatic rings. The molecule has 0 amide bonds. The molecule has 4 aromatic rings. The third-order valence-electron chi connectivity index (χ3n) is 9.52. The molecule has 2 atom stereocenters. The first-order valence-corrected chi connectivity index (χ1v) is 15.4. The Morgan fingerprint density at radius 2 is 1.50 bits per heavy atom. The maximum Gasteiger partial charge on any atom is 2.00 e. The standard InChI is InChI=1S/C37H39N2O5.CH3.W/c1-38-13-11-25-18-27(22-40)34-21-30(25)31(38)15-23-5-8-28(9-6-23)43-35-17-24(7-10-33(35)42-4)16-32-37-26(12-14-39(32)2)19-29(41-3)20-36(37)44-34;;/h5-10,17-19,21,31-32,40H,11-16,22H2,1-4H3;1H3;/q2*-1;+2/t31-,32-;;/m0../s1. The van der Waals surface area contributed by atoms with Gasteiger partial charge in [0, 0.05) is 29.6 Å². The van der Waals surface area contributed by atoms with E-state index in [0.29, 0.717) is 28.7 Å². The quantitative estimate of drug-likeness (QED) is 0.227. The summed E-state index contributed by atoms with van der Waals surface area (Å²) in [5.74, 6) is 4.12. The van der Waals surface area contributed by atoms with Crippen molar-refractivity contribution < 1.29 is 45.1 Å². The van der Waals surface area contributed by atoms with E-state index in [4.69, 9.17) is 18.9 Å². The van der Waals surface area contributed by atoms with E-state index in [2.05, 4.69) is 72.4 Å². The van der Waals surface area contributed by atoms with Crippen LogP contribution in [0, 0.1) is 13.5 Å². The summed E-state index contributed by atoms with van der Waals surface area (Å²) in [4.78, 5) is 4.79. The topological polar surface area (TPSA) is 63.6 Å². The number of hydrogen-bond donors (Lipinski definition) is 1. The van der Waals surface area contributed by atoms with Crippen LogP contribution in [0.4, 0.5) is 0 Å². The molecule has 0 spiro atoms. The smallest absolute Gasteiger partial charge is 0.522 e. The van der Waals surface area contributed by atoms with Crippen LogP contribution in [-0.4, -0.2) is 56.3 Å². The fourth-order valence-electron chi connectivity index (χ4n) is 6.99. The summed E-state index contributed by atoms with van der Waals surface area (Å²) in [5, 5.41) is 10.5. The van der Waals surface area contributed by atoms with Crippen LogP contribution in [0.15, 0.2) is 60.7 Å². The minimum atomic E-state index is -0.102. The van der Waals surface area contributed by atoms with Gasteiger partial charge in [-0.3, -0.25) is 4.90 Å². The number of benzene rings is 4. The summed E-state index contributed by atoms with van der Waals surface area (Å²) < 4.78 is 24.6. The molecule has 7 nitrogen and oxygen atoms in total. The fraction of sp³-hybridized carbons (Fsp3) is 0.342. The summed E-state index contributed by atoms with van der Waals surface area (Å²) in [6, 6.07) is 24.5. The minimum absolute atomic E-state index is 0. The molecular weight excluding hydrogens is 748 g/mol. The molecule has 0 saturated carbocycles. The van der Waals surface area contributed by atoms with Gasteiger partial charge in [-0.2, -0.15) is 0 Å². The Morgan fingerprint density at radius 3 is 2.22 bits per heavy atom. The number of aliphatic hydroxyl groups excluding tert-OH is 1. The van der Waals surface area contributed by atoms with Crippen molar-refractivity contribution in [3.05, 3.63) is 113 Å². The van der Waals surface area contributed by atoms with Crippen LogP contribution in [-0.2, 0) is 53.4 Å². The third kappa shape index (κ3) is 6.44. The Hall–Kier alpha value is -3.35. The van der Waals surface area contributed by atoms with Crippen LogP contribution >= 0.6 is 0 Å². The van der Waals surface area contributed by atoms with Gasteiger partial charge in [-0.25, -0.2) is 0 Å². The Bertz CT molecular complexity index is 1690. The first-order valence-electron chi connectivity index (χ1n) is 15.4. The number of methoxy groups -OCH3 is 2. The molecule has 8 rings (SSSR count). The average Bonchev–Trinajstić information content (AvgIpc) is 3.04. The van der Waals surface area contributed by atoms with Crippen molar-refractivity contribution >= 4 is 0 Å². The average molecular weight is 791 g/mol. The SMILES string of the molecule is COc1[c-]c2c3c(c1)CCN(C)[C@H]3Cc1ccc(OC)c(c1)Oc1ccc(cc1)C[C@H]1c3cc(c(CO)cc3CCN1C)O2.[CH3-].[W+2]. The zero-order chi connectivity index (χ0) is 30.4. The van der Waals surface area contributed by atoms with Gasteiger partial charge in [-0.1, -0.05) is 29.8 Å². The van der Waals surface area contributed by atoms with Gasteiger partial charge < -0.3 is 36.4 Å². The van der Waals surface area contributed by atoms with Crippen LogP contribution in [0.3, 0.4) is 0 Å². The Balaban J connectivity index is 0.00000208. The van der Waals surface area contributed by atoms with Crippen LogP contribution < -0.4 is 18.9 Å². The number of aliphatic hydroxyl groups is 1. The summed E-state index contributed by atoms with van der Waals surface area (Å²) >= 11 is 0. The molecule has 0 aromatic heterocycles. The second-order valence-electron chi connectivity index (χ2n) is 12.2. The molecule has 0 saturated heterocycles. The first-order chi connectivity index (χ1) is 21.4. The number of nitrogens with zero attached hydrogens (tertiary/aromatic N) is 2. The molecule has 0 radical (unpaired) electrons. The van der Waals surface area contributed by atoms with Crippen molar-refractivity contribution in [2.75, 3.05) is 41.4 Å². The van der Waals surface area contributed by atoms with Gasteiger partial charge in [0.15, 0.2) is 11.5 Å². The molecule has 0 unspecified atom stereocenters. The fourth-order valence-corrected chi connectivity index (χ4v) is 6.99. The zero-order valence-electron chi connectivity index (χ0n) is 27.3. The molecule has 4 aliphatic heterocycles. The Morgan fingerprint density at radius 1 is 0.804 bits per heavy atom. The summed E-state index contributed by atoms with van der Waals surface area (Å²) in [5.41, 5.74) is 7.92. The zero-order valence-corrected chi connectivity index (χ0v) is 30.2. The molecule has 4 heterocycles. The maximum atomic E-state index is 10.5. The van der Waals surface area contributed by atoms with E-state index in [1.807, 2.05) is 18.2 Å². The number of rotatable bonds is 3. The van der Waals surface area contributed by atoms with Gasteiger partial charge in [-0.05, 0) is 111 Å². The summed E-state index contributed by atoms with van der Waals surface area (Å²) in [6.07, 6.45) is 3.38. The maximum absolute atomic E-state index is 10.5. The third-order valence-corrected chi connectivity index (χ3v) is 9.52. The van der Waals surface area contributed by atoms with Crippen molar-refractivity contribution in [2.24, 2.45) is 0 Å². The van der Waals surface area contributed by atoms with E-state index in [1.54, 1.807) is 14.2 Å². The molecule has 0 fully saturated rings. The molecule has 240 valence electrons. The monoisotopic (exact) mass is 790 g/mol.